The molecule has 3 aromatic rings. The molecule has 3 rings (SSSR count). The zero-order valence-electron chi connectivity index (χ0n) is 18.6. The number of carbonyl (C=O) groups is 1. The molecule has 2 aromatic carbocycles. The van der Waals surface area contributed by atoms with Crippen LogP contribution in [0.25, 0.3) is 11.1 Å². The van der Waals surface area contributed by atoms with Crippen LogP contribution >= 0.6 is 23.4 Å². The summed E-state index contributed by atoms with van der Waals surface area (Å²) in [5.74, 6) is -0.741. The van der Waals surface area contributed by atoms with Crippen molar-refractivity contribution in [2.45, 2.75) is 37.4 Å². The van der Waals surface area contributed by atoms with E-state index in [0.717, 1.165) is 41.2 Å². The maximum atomic E-state index is 13.0. The first-order chi connectivity index (χ1) is 15.9. The summed E-state index contributed by atoms with van der Waals surface area (Å²) in [5, 5.41) is 12.7. The highest BCUT2D eigenvalue weighted by atomic mass is 35.5. The normalized spacial score (nSPS) is 11.7. The van der Waals surface area contributed by atoms with Crippen molar-refractivity contribution in [3.05, 3.63) is 76.4 Å². The van der Waals surface area contributed by atoms with E-state index in [1.54, 1.807) is 0 Å². The van der Waals surface area contributed by atoms with Gasteiger partial charge in [0.15, 0.2) is 0 Å². The first-order valence-corrected chi connectivity index (χ1v) is 11.6. The van der Waals surface area contributed by atoms with Gasteiger partial charge in [-0.05, 0) is 29.8 Å². The highest BCUT2D eigenvalue weighted by Crippen LogP contribution is 2.36. The van der Waals surface area contributed by atoms with Crippen molar-refractivity contribution in [3.63, 3.8) is 0 Å². The van der Waals surface area contributed by atoms with Crippen molar-refractivity contribution in [3.8, 4) is 17.2 Å². The van der Waals surface area contributed by atoms with Crippen molar-refractivity contribution in [2.75, 3.05) is 11.1 Å². The number of pyridine rings is 1. The van der Waals surface area contributed by atoms with E-state index < -0.39 is 17.6 Å². The Balaban J connectivity index is 1.90. The molecule has 0 radical (unpaired) electrons. The van der Waals surface area contributed by atoms with Gasteiger partial charge in [0.25, 0.3) is 0 Å². The van der Waals surface area contributed by atoms with E-state index in [1.807, 2.05) is 57.2 Å². The first kappa shape index (κ1) is 25.6. The van der Waals surface area contributed by atoms with Gasteiger partial charge in [0, 0.05) is 16.7 Å². The van der Waals surface area contributed by atoms with Gasteiger partial charge < -0.3 is 5.32 Å². The molecular weight excluding hydrogens is 483 g/mol. The van der Waals surface area contributed by atoms with Gasteiger partial charge in [-0.25, -0.2) is 4.98 Å². The molecule has 0 aliphatic heterocycles. The lowest BCUT2D eigenvalue weighted by atomic mass is 9.89. The number of alkyl halides is 3. The number of benzene rings is 2. The van der Waals surface area contributed by atoms with Gasteiger partial charge in [0.1, 0.15) is 11.1 Å². The molecule has 0 fully saturated rings. The van der Waals surface area contributed by atoms with Crippen LogP contribution < -0.4 is 5.32 Å². The molecule has 1 amide bonds. The monoisotopic (exact) mass is 503 g/mol. The Hall–Kier alpha value is -3.02. The summed E-state index contributed by atoms with van der Waals surface area (Å²) in [5.41, 5.74) is 1.24. The summed E-state index contributed by atoms with van der Waals surface area (Å²) in [6.45, 7) is 5.98. The number of halogens is 4. The topological polar surface area (TPSA) is 65.8 Å². The van der Waals surface area contributed by atoms with Gasteiger partial charge in [-0.3, -0.25) is 4.79 Å². The molecule has 1 N–H and O–H groups in total. The van der Waals surface area contributed by atoms with Crippen molar-refractivity contribution in [1.82, 2.24) is 4.98 Å². The molecule has 0 unspecified atom stereocenters. The number of rotatable bonds is 5. The van der Waals surface area contributed by atoms with E-state index in [-0.39, 0.29) is 21.9 Å². The van der Waals surface area contributed by atoms with E-state index in [4.69, 9.17) is 11.6 Å². The molecule has 0 saturated heterocycles. The van der Waals surface area contributed by atoms with Crippen LogP contribution in [0.3, 0.4) is 0 Å². The Morgan fingerprint density at radius 3 is 2.38 bits per heavy atom. The number of thioether (sulfide) groups is 1. The van der Waals surface area contributed by atoms with Crippen LogP contribution in [0.5, 0.6) is 0 Å². The number of nitrogens with one attached hydrogen (secondary N) is 1. The summed E-state index contributed by atoms with van der Waals surface area (Å²) in [6, 6.07) is 16.2. The van der Waals surface area contributed by atoms with Crippen molar-refractivity contribution in [2.24, 2.45) is 0 Å². The minimum Gasteiger partial charge on any atom is -0.324 e. The number of anilines is 1. The Kier molecular flexibility index (Phi) is 7.59. The summed E-state index contributed by atoms with van der Waals surface area (Å²) in [4.78, 5) is 17.2. The van der Waals surface area contributed by atoms with Crippen LogP contribution in [0.2, 0.25) is 5.02 Å². The van der Waals surface area contributed by atoms with E-state index in [0.29, 0.717) is 16.2 Å². The first-order valence-electron chi connectivity index (χ1n) is 10.2. The number of amides is 1. The number of nitriles is 1. The van der Waals surface area contributed by atoms with Gasteiger partial charge >= 0.3 is 6.18 Å². The lowest BCUT2D eigenvalue weighted by Gasteiger charge is -2.21. The van der Waals surface area contributed by atoms with E-state index >= 15 is 0 Å². The van der Waals surface area contributed by atoms with Crippen molar-refractivity contribution < 1.29 is 18.0 Å². The highest BCUT2D eigenvalue weighted by Gasteiger charge is 2.31. The Morgan fingerprint density at radius 1 is 1.12 bits per heavy atom. The Bertz CT molecular complexity index is 1250. The predicted molar refractivity (Wildman–Crippen MR) is 129 cm³/mol. The van der Waals surface area contributed by atoms with Gasteiger partial charge in [0.05, 0.1) is 27.6 Å². The minimum absolute atomic E-state index is 0.0108. The van der Waals surface area contributed by atoms with E-state index in [1.165, 1.54) is 0 Å². The molecule has 176 valence electrons. The fourth-order valence-electron chi connectivity index (χ4n) is 3.08. The third-order valence-electron chi connectivity index (χ3n) is 4.86. The van der Waals surface area contributed by atoms with Crippen LogP contribution in [0.4, 0.5) is 18.9 Å². The lowest BCUT2D eigenvalue weighted by Crippen LogP contribution is -2.17. The molecule has 1 heterocycles. The second kappa shape index (κ2) is 10.1. The zero-order valence-corrected chi connectivity index (χ0v) is 20.2. The van der Waals surface area contributed by atoms with Gasteiger partial charge in [0.2, 0.25) is 5.91 Å². The molecule has 9 heteroatoms. The van der Waals surface area contributed by atoms with Crippen LogP contribution in [0.1, 0.15) is 37.6 Å². The summed E-state index contributed by atoms with van der Waals surface area (Å²) < 4.78 is 39.0. The molecule has 0 bridgehead atoms. The number of hydrogen-bond donors (Lipinski definition) is 1. The zero-order chi connectivity index (χ0) is 25.1. The molecule has 0 aliphatic carbocycles. The third kappa shape index (κ3) is 6.10. The highest BCUT2D eigenvalue weighted by molar-refractivity contribution is 8.00. The summed E-state index contributed by atoms with van der Waals surface area (Å²) >= 11 is 7.01. The second-order valence-electron chi connectivity index (χ2n) is 8.49. The fourth-order valence-corrected chi connectivity index (χ4v) is 4.05. The standard InChI is InChI=1S/C25H21ClF3N3OS/c1-24(2,3)21-12-17(15-7-5-4-6-8-15)18(13-30)23(32-21)34-14-22(33)31-20-11-16(25(27,28)29)9-10-19(20)26/h4-12H,14H2,1-3H3,(H,31,33). The van der Waals surface area contributed by atoms with Crippen LogP contribution in [0.15, 0.2) is 59.6 Å². The molecule has 0 spiro atoms. The summed E-state index contributed by atoms with van der Waals surface area (Å²) in [6.07, 6.45) is -4.56. The average molecular weight is 504 g/mol. The number of nitrogens with zero attached hydrogens (tertiary/aromatic N) is 2. The van der Waals surface area contributed by atoms with E-state index in [9.17, 15) is 23.2 Å². The Morgan fingerprint density at radius 2 is 1.79 bits per heavy atom. The fraction of sp³-hybridized carbons (Fsp3) is 0.240. The Labute approximate surface area is 205 Å². The molecule has 34 heavy (non-hydrogen) atoms. The van der Waals surface area contributed by atoms with Crippen molar-refractivity contribution in [1.29, 1.82) is 5.26 Å². The third-order valence-corrected chi connectivity index (χ3v) is 6.16. The molecule has 4 nitrogen and oxygen atoms in total. The van der Waals surface area contributed by atoms with E-state index in [2.05, 4.69) is 16.4 Å². The van der Waals surface area contributed by atoms with Crippen LogP contribution in [-0.4, -0.2) is 16.6 Å². The van der Waals surface area contributed by atoms with Crippen LogP contribution in [0, 0.1) is 11.3 Å². The maximum absolute atomic E-state index is 13.0. The van der Waals surface area contributed by atoms with Gasteiger partial charge in [-0.15, -0.1) is 0 Å². The summed E-state index contributed by atoms with van der Waals surface area (Å²) in [7, 11) is 0. The average Bonchev–Trinajstić information content (AvgIpc) is 2.77. The largest absolute Gasteiger partial charge is 0.416 e. The molecular formula is C25H21ClF3N3OS. The second-order valence-corrected chi connectivity index (χ2v) is 9.86. The predicted octanol–water partition coefficient (Wildman–Crippen LogP) is 7.32. The SMILES string of the molecule is CC(C)(C)c1cc(-c2ccccc2)c(C#N)c(SCC(=O)Nc2cc(C(F)(F)F)ccc2Cl)n1. The molecule has 1 aromatic heterocycles. The number of hydrogen-bond acceptors (Lipinski definition) is 4. The number of aromatic nitrogens is 1. The van der Waals surface area contributed by atoms with Gasteiger partial charge in [-0.2, -0.15) is 18.4 Å². The number of carbonyl (C=O) groups excluding carboxylic acids is 1. The molecule has 0 atom stereocenters. The lowest BCUT2D eigenvalue weighted by molar-refractivity contribution is -0.137. The smallest absolute Gasteiger partial charge is 0.324 e. The molecule has 0 saturated carbocycles. The van der Waals surface area contributed by atoms with Gasteiger partial charge in [-0.1, -0.05) is 74.5 Å². The quantitative estimate of drug-likeness (QED) is 0.370. The minimum atomic E-state index is -4.56. The molecule has 0 aliphatic rings. The van der Waals surface area contributed by atoms with Crippen LogP contribution in [-0.2, 0) is 16.4 Å². The van der Waals surface area contributed by atoms with Crippen molar-refractivity contribution >= 4 is 35.0 Å². The maximum Gasteiger partial charge on any atom is 0.416 e.